The van der Waals surface area contributed by atoms with Gasteiger partial charge in [-0.25, -0.2) is 13.1 Å². The Morgan fingerprint density at radius 2 is 1.62 bits per heavy atom. The lowest BCUT2D eigenvalue weighted by molar-refractivity contribution is -0.116. The van der Waals surface area contributed by atoms with Gasteiger partial charge in [0.15, 0.2) is 0 Å². The molecule has 2 N–H and O–H groups in total. The lowest BCUT2D eigenvalue weighted by Crippen LogP contribution is -2.27. The third-order valence-corrected chi connectivity index (χ3v) is 5.28. The van der Waals surface area contributed by atoms with Crippen molar-refractivity contribution in [3.8, 4) is 0 Å². The molecule has 2 aromatic rings. The first-order chi connectivity index (χ1) is 11.3. The summed E-state index contributed by atoms with van der Waals surface area (Å²) in [7, 11) is -3.61. The van der Waals surface area contributed by atoms with Gasteiger partial charge in [0.2, 0.25) is 15.9 Å². The number of sulfonamides is 1. The average Bonchev–Trinajstić information content (AvgIpc) is 2.46. The molecule has 0 saturated heterocycles. The normalized spacial score (nSPS) is 11.3. The van der Waals surface area contributed by atoms with Crippen molar-refractivity contribution in [1.29, 1.82) is 0 Å². The van der Waals surface area contributed by atoms with Crippen molar-refractivity contribution in [2.75, 3.05) is 11.9 Å². The molecule has 1 amide bonds. The van der Waals surface area contributed by atoms with Crippen molar-refractivity contribution < 1.29 is 13.2 Å². The van der Waals surface area contributed by atoms with E-state index < -0.39 is 10.0 Å². The van der Waals surface area contributed by atoms with Crippen molar-refractivity contribution in [3.05, 3.63) is 58.1 Å². The maximum absolute atomic E-state index is 12.1. The van der Waals surface area contributed by atoms with Crippen LogP contribution in [0.2, 0.25) is 0 Å². The summed E-state index contributed by atoms with van der Waals surface area (Å²) in [6.07, 6.45) is 0.0583. The van der Waals surface area contributed by atoms with Gasteiger partial charge in [-0.2, -0.15) is 0 Å². The van der Waals surface area contributed by atoms with E-state index in [0.29, 0.717) is 5.69 Å². The zero-order chi connectivity index (χ0) is 17.7. The minimum Gasteiger partial charge on any atom is -0.326 e. The maximum Gasteiger partial charge on any atom is 0.240 e. The molecule has 24 heavy (non-hydrogen) atoms. The van der Waals surface area contributed by atoms with Gasteiger partial charge in [-0.15, -0.1) is 0 Å². The fourth-order valence-electron chi connectivity index (χ4n) is 2.27. The van der Waals surface area contributed by atoms with Crippen molar-refractivity contribution in [2.45, 2.75) is 25.2 Å². The van der Waals surface area contributed by atoms with Crippen LogP contribution in [0, 0.1) is 13.8 Å². The summed E-state index contributed by atoms with van der Waals surface area (Å²) in [6.45, 7) is 3.94. The molecule has 0 aromatic heterocycles. The molecule has 0 atom stereocenters. The number of aryl methyl sites for hydroxylation is 2. The Morgan fingerprint density at radius 3 is 2.21 bits per heavy atom. The quantitative estimate of drug-likeness (QED) is 0.766. The number of nitrogens with one attached hydrogen (secondary N) is 2. The summed E-state index contributed by atoms with van der Waals surface area (Å²) in [6, 6.07) is 12.1. The van der Waals surface area contributed by atoms with E-state index in [1.807, 2.05) is 32.0 Å². The number of halogens is 1. The van der Waals surface area contributed by atoms with Crippen LogP contribution in [-0.4, -0.2) is 20.9 Å². The zero-order valence-electron chi connectivity index (χ0n) is 13.5. The van der Waals surface area contributed by atoms with Crippen LogP contribution in [0.15, 0.2) is 51.8 Å². The van der Waals surface area contributed by atoms with Crippen LogP contribution in [0.5, 0.6) is 0 Å². The second kappa shape index (κ2) is 7.92. The number of anilines is 1. The third kappa shape index (κ3) is 5.43. The van der Waals surface area contributed by atoms with E-state index in [-0.39, 0.29) is 23.8 Å². The van der Waals surface area contributed by atoms with Gasteiger partial charge < -0.3 is 5.32 Å². The molecule has 7 heteroatoms. The molecule has 0 aliphatic rings. The van der Waals surface area contributed by atoms with Crippen molar-refractivity contribution in [2.24, 2.45) is 0 Å². The standard InChI is InChI=1S/C17H19BrN2O3S/c1-12-9-13(2)11-15(10-12)20-17(21)7-8-19-24(22,23)16-5-3-14(18)4-6-16/h3-6,9-11,19H,7-8H2,1-2H3,(H,20,21). The second-order valence-corrected chi connectivity index (χ2v) is 8.21. The van der Waals surface area contributed by atoms with E-state index >= 15 is 0 Å². The first-order valence-corrected chi connectivity index (χ1v) is 9.67. The fourth-order valence-corrected chi connectivity index (χ4v) is 3.56. The Kier molecular flexibility index (Phi) is 6.15. The van der Waals surface area contributed by atoms with E-state index in [1.54, 1.807) is 12.1 Å². The van der Waals surface area contributed by atoms with E-state index in [0.717, 1.165) is 15.6 Å². The Bertz CT molecular complexity index is 813. The zero-order valence-corrected chi connectivity index (χ0v) is 15.9. The van der Waals surface area contributed by atoms with E-state index in [9.17, 15) is 13.2 Å². The maximum atomic E-state index is 12.1. The highest BCUT2D eigenvalue weighted by molar-refractivity contribution is 9.10. The number of benzene rings is 2. The summed E-state index contributed by atoms with van der Waals surface area (Å²) in [5.41, 5.74) is 2.83. The number of carbonyl (C=O) groups excluding carboxylic acids is 1. The predicted molar refractivity (Wildman–Crippen MR) is 98.5 cm³/mol. The molecule has 2 rings (SSSR count). The Hall–Kier alpha value is -1.70. The summed E-state index contributed by atoms with van der Waals surface area (Å²) in [5, 5.41) is 2.78. The minimum absolute atomic E-state index is 0.0367. The highest BCUT2D eigenvalue weighted by atomic mass is 79.9. The predicted octanol–water partition coefficient (Wildman–Crippen LogP) is 3.37. The van der Waals surface area contributed by atoms with Crippen LogP contribution in [0.25, 0.3) is 0 Å². The van der Waals surface area contributed by atoms with Gasteiger partial charge >= 0.3 is 0 Å². The minimum atomic E-state index is -3.61. The molecule has 0 radical (unpaired) electrons. The highest BCUT2D eigenvalue weighted by Gasteiger charge is 2.14. The van der Waals surface area contributed by atoms with Gasteiger partial charge in [0, 0.05) is 23.1 Å². The first-order valence-electron chi connectivity index (χ1n) is 7.40. The van der Waals surface area contributed by atoms with Gasteiger partial charge in [0.1, 0.15) is 0 Å². The van der Waals surface area contributed by atoms with Gasteiger partial charge in [-0.3, -0.25) is 4.79 Å². The SMILES string of the molecule is Cc1cc(C)cc(NC(=O)CCNS(=O)(=O)c2ccc(Br)cc2)c1. The summed E-state index contributed by atoms with van der Waals surface area (Å²) >= 11 is 3.26. The van der Waals surface area contributed by atoms with Gasteiger partial charge in [-0.05, 0) is 61.4 Å². The van der Waals surface area contributed by atoms with Crippen molar-refractivity contribution in [1.82, 2.24) is 4.72 Å². The van der Waals surface area contributed by atoms with E-state index in [1.165, 1.54) is 12.1 Å². The largest absolute Gasteiger partial charge is 0.326 e. The Balaban J connectivity index is 1.89. The topological polar surface area (TPSA) is 75.3 Å². The lowest BCUT2D eigenvalue weighted by atomic mass is 10.1. The molecular weight excluding hydrogens is 392 g/mol. The number of amides is 1. The van der Waals surface area contributed by atoms with Crippen LogP contribution < -0.4 is 10.0 Å². The van der Waals surface area contributed by atoms with Crippen LogP contribution in [0.4, 0.5) is 5.69 Å². The number of carbonyl (C=O) groups is 1. The molecule has 2 aromatic carbocycles. The van der Waals surface area contributed by atoms with Gasteiger partial charge in [0.25, 0.3) is 0 Å². The monoisotopic (exact) mass is 410 g/mol. The van der Waals surface area contributed by atoms with Gasteiger partial charge in [-0.1, -0.05) is 22.0 Å². The Morgan fingerprint density at radius 1 is 1.04 bits per heavy atom. The number of hydrogen-bond acceptors (Lipinski definition) is 3. The van der Waals surface area contributed by atoms with E-state index in [4.69, 9.17) is 0 Å². The molecule has 0 fully saturated rings. The molecule has 0 aliphatic carbocycles. The van der Waals surface area contributed by atoms with Crippen molar-refractivity contribution in [3.63, 3.8) is 0 Å². The van der Waals surface area contributed by atoms with E-state index in [2.05, 4.69) is 26.0 Å². The third-order valence-electron chi connectivity index (χ3n) is 3.27. The summed E-state index contributed by atoms with van der Waals surface area (Å²) < 4.78 is 27.5. The molecule has 0 unspecified atom stereocenters. The van der Waals surface area contributed by atoms with Crippen LogP contribution >= 0.6 is 15.9 Å². The number of hydrogen-bond donors (Lipinski definition) is 2. The molecule has 0 bridgehead atoms. The summed E-state index contributed by atoms with van der Waals surface area (Å²) in [5.74, 6) is -0.237. The second-order valence-electron chi connectivity index (χ2n) is 5.53. The lowest BCUT2D eigenvalue weighted by Gasteiger charge is -2.09. The molecule has 0 spiro atoms. The molecular formula is C17H19BrN2O3S. The van der Waals surface area contributed by atoms with Crippen LogP contribution in [0.1, 0.15) is 17.5 Å². The molecule has 128 valence electrons. The highest BCUT2D eigenvalue weighted by Crippen LogP contribution is 2.15. The molecule has 0 heterocycles. The molecule has 0 saturated carbocycles. The van der Waals surface area contributed by atoms with Crippen LogP contribution in [-0.2, 0) is 14.8 Å². The van der Waals surface area contributed by atoms with Crippen molar-refractivity contribution >= 4 is 37.5 Å². The smallest absolute Gasteiger partial charge is 0.240 e. The number of rotatable bonds is 6. The van der Waals surface area contributed by atoms with Gasteiger partial charge in [0.05, 0.1) is 4.90 Å². The van der Waals surface area contributed by atoms with Crippen LogP contribution in [0.3, 0.4) is 0 Å². The average molecular weight is 411 g/mol. The molecule has 5 nitrogen and oxygen atoms in total. The summed E-state index contributed by atoms with van der Waals surface area (Å²) in [4.78, 5) is 12.1. The Labute approximate surface area is 150 Å². The fraction of sp³-hybridized carbons (Fsp3) is 0.235. The first kappa shape index (κ1) is 18.6. The molecule has 0 aliphatic heterocycles.